The van der Waals surface area contributed by atoms with E-state index in [4.69, 9.17) is 0 Å². The van der Waals surface area contributed by atoms with Gasteiger partial charge in [-0.25, -0.2) is 0 Å². The third-order valence-electron chi connectivity index (χ3n) is 5.32. The van der Waals surface area contributed by atoms with Gasteiger partial charge in [-0.05, 0) is 33.6 Å². The van der Waals surface area contributed by atoms with E-state index in [1.807, 2.05) is 0 Å². The summed E-state index contributed by atoms with van der Waals surface area (Å²) >= 11 is 0. The molecule has 0 saturated heterocycles. The summed E-state index contributed by atoms with van der Waals surface area (Å²) in [6.07, 6.45) is 1.24. The summed E-state index contributed by atoms with van der Waals surface area (Å²) in [6.45, 7) is 34.2. The van der Waals surface area contributed by atoms with Crippen LogP contribution in [-0.4, -0.2) is 16.9 Å². The Bertz CT molecular complexity index is 322. The summed E-state index contributed by atoms with van der Waals surface area (Å²) in [5.74, 6) is 0. The summed E-state index contributed by atoms with van der Waals surface area (Å²) in [7, 11) is -2.04. The third-order valence-corrected chi connectivity index (χ3v) is 18.3. The Kier molecular flexibility index (Phi) is 6.40. The zero-order chi connectivity index (χ0) is 17.4. The molecule has 0 aliphatic rings. The maximum Gasteiger partial charge on any atom is 0.0703 e. The molecular formula is C19H41Si2. The molecule has 0 fully saturated rings. The fourth-order valence-electron chi connectivity index (χ4n) is 6.08. The largest absolute Gasteiger partial charge is 0.100 e. The molecule has 0 spiro atoms. The van der Waals surface area contributed by atoms with Crippen LogP contribution in [0, 0.1) is 0 Å². The Morgan fingerprint density at radius 3 is 1.29 bits per heavy atom. The molecule has 0 aliphatic heterocycles. The van der Waals surface area contributed by atoms with E-state index in [0.29, 0.717) is 15.1 Å². The van der Waals surface area contributed by atoms with Gasteiger partial charge in [0.2, 0.25) is 0 Å². The van der Waals surface area contributed by atoms with Crippen molar-refractivity contribution in [3.05, 3.63) is 12.2 Å². The molecule has 0 aromatic heterocycles. The lowest BCUT2D eigenvalue weighted by atomic mass is 10.2. The van der Waals surface area contributed by atoms with Crippen LogP contribution in [0.4, 0.5) is 0 Å². The van der Waals surface area contributed by atoms with E-state index < -0.39 is 8.07 Å². The minimum absolute atomic E-state index is 0.371. The van der Waals surface area contributed by atoms with Crippen molar-refractivity contribution in [2.45, 2.75) is 109 Å². The first-order valence-electron chi connectivity index (χ1n) is 8.44. The summed E-state index contributed by atoms with van der Waals surface area (Å²) in [6, 6.07) is 0. The highest BCUT2D eigenvalue weighted by molar-refractivity contribution is 6.97. The molecule has 125 valence electrons. The van der Waals surface area contributed by atoms with Crippen molar-refractivity contribution in [3.63, 3.8) is 0 Å². The lowest BCUT2D eigenvalue weighted by Crippen LogP contribution is -2.63. The van der Waals surface area contributed by atoms with Crippen LogP contribution >= 0.6 is 0 Å². The second-order valence-corrected chi connectivity index (χ2v) is 20.6. The smallest absolute Gasteiger partial charge is 0.0703 e. The van der Waals surface area contributed by atoms with Crippen molar-refractivity contribution < 1.29 is 0 Å². The van der Waals surface area contributed by atoms with E-state index in [-0.39, 0.29) is 8.80 Å². The molecule has 0 nitrogen and oxygen atoms in total. The molecule has 1 unspecified atom stereocenters. The molecule has 0 saturated carbocycles. The Morgan fingerprint density at radius 1 is 0.857 bits per heavy atom. The first-order chi connectivity index (χ1) is 9.00. The van der Waals surface area contributed by atoms with Crippen molar-refractivity contribution >= 4 is 16.9 Å². The first-order valence-corrected chi connectivity index (χ1v) is 13.1. The monoisotopic (exact) mass is 325 g/mol. The van der Waals surface area contributed by atoms with Crippen LogP contribution in [0.1, 0.15) is 75.7 Å². The van der Waals surface area contributed by atoms with Crippen molar-refractivity contribution in [2.24, 2.45) is 0 Å². The number of hydrogen-bond donors (Lipinski definition) is 0. The van der Waals surface area contributed by atoms with Gasteiger partial charge in [-0.1, -0.05) is 81.0 Å². The normalized spacial score (nSPS) is 16.2. The average Bonchev–Trinajstić information content (AvgIpc) is 2.08. The van der Waals surface area contributed by atoms with Gasteiger partial charge in [0.15, 0.2) is 0 Å². The molecule has 1 atom stereocenters. The van der Waals surface area contributed by atoms with Crippen LogP contribution in [0.2, 0.25) is 33.4 Å². The van der Waals surface area contributed by atoms with E-state index in [1.165, 1.54) is 12.0 Å². The zero-order valence-electron chi connectivity index (χ0n) is 17.0. The van der Waals surface area contributed by atoms with Gasteiger partial charge in [0, 0.05) is 8.80 Å². The maximum atomic E-state index is 4.28. The van der Waals surface area contributed by atoms with Gasteiger partial charge in [0.05, 0.1) is 8.07 Å². The van der Waals surface area contributed by atoms with Crippen molar-refractivity contribution in [3.8, 4) is 0 Å². The van der Waals surface area contributed by atoms with Crippen molar-refractivity contribution in [1.82, 2.24) is 0 Å². The molecule has 0 aromatic rings. The molecular weight excluding hydrogens is 284 g/mol. The topological polar surface area (TPSA) is 0 Å². The van der Waals surface area contributed by atoms with Crippen LogP contribution in [0.25, 0.3) is 0 Å². The summed E-state index contributed by atoms with van der Waals surface area (Å²) in [5, 5.41) is 2.06. The number of allylic oxidation sites excluding steroid dienone is 1. The zero-order valence-corrected chi connectivity index (χ0v) is 19.0. The average molecular weight is 326 g/mol. The minimum Gasteiger partial charge on any atom is -0.100 e. The highest BCUT2D eigenvalue weighted by Gasteiger charge is 2.63. The minimum atomic E-state index is -1.67. The fourth-order valence-corrected chi connectivity index (χ4v) is 24.7. The summed E-state index contributed by atoms with van der Waals surface area (Å²) < 4.78 is 0. The van der Waals surface area contributed by atoms with Crippen molar-refractivity contribution in [2.75, 3.05) is 0 Å². The quantitative estimate of drug-likeness (QED) is 0.371. The third kappa shape index (κ3) is 3.93. The molecule has 0 aromatic carbocycles. The molecule has 1 radical (unpaired) electrons. The highest BCUT2D eigenvalue weighted by atomic mass is 28.4. The van der Waals surface area contributed by atoms with E-state index >= 15 is 0 Å². The van der Waals surface area contributed by atoms with Gasteiger partial charge in [0.1, 0.15) is 0 Å². The Hall–Kier alpha value is 0.174. The van der Waals surface area contributed by atoms with Crippen LogP contribution in [0.5, 0.6) is 0 Å². The van der Waals surface area contributed by atoms with E-state index in [1.54, 1.807) is 0 Å². The van der Waals surface area contributed by atoms with Crippen LogP contribution in [0.3, 0.4) is 0 Å². The molecule has 0 bridgehead atoms. The molecule has 0 N–H and O–H groups in total. The Balaban J connectivity index is 6.56. The second-order valence-electron chi connectivity index (χ2n) is 10.3. The maximum absolute atomic E-state index is 4.28. The van der Waals surface area contributed by atoms with E-state index in [9.17, 15) is 0 Å². The molecule has 2 heteroatoms. The predicted octanol–water partition coefficient (Wildman–Crippen LogP) is 7.47. The Morgan fingerprint density at radius 2 is 1.14 bits per heavy atom. The van der Waals surface area contributed by atoms with E-state index in [0.717, 1.165) is 5.16 Å². The highest BCUT2D eigenvalue weighted by Crippen LogP contribution is 2.68. The van der Waals surface area contributed by atoms with Gasteiger partial charge in [0.25, 0.3) is 0 Å². The summed E-state index contributed by atoms with van der Waals surface area (Å²) in [5.41, 5.74) is 1.38. The lowest BCUT2D eigenvalue weighted by Gasteiger charge is -2.64. The Labute approximate surface area is 138 Å². The number of hydrogen-bond acceptors (Lipinski definition) is 0. The fraction of sp³-hybridized carbons (Fsp3) is 0.895. The van der Waals surface area contributed by atoms with E-state index in [2.05, 4.69) is 88.9 Å². The van der Waals surface area contributed by atoms with Crippen LogP contribution < -0.4 is 0 Å². The van der Waals surface area contributed by atoms with Gasteiger partial charge < -0.3 is 0 Å². The summed E-state index contributed by atoms with van der Waals surface area (Å²) in [4.78, 5) is 0. The lowest BCUT2D eigenvalue weighted by molar-refractivity contribution is 0.516. The second kappa shape index (κ2) is 6.35. The molecule has 21 heavy (non-hydrogen) atoms. The van der Waals surface area contributed by atoms with Gasteiger partial charge in [-0.3, -0.25) is 0 Å². The van der Waals surface area contributed by atoms with Crippen LogP contribution in [-0.2, 0) is 0 Å². The molecule has 0 rings (SSSR count). The predicted molar refractivity (Wildman–Crippen MR) is 106 cm³/mol. The SMILES string of the molecule is C=C(C)CC([Si](C)C)[Si](C(C)(C)C)(C(C)(C)C)C(C)(C)C. The van der Waals surface area contributed by atoms with Gasteiger partial charge in [-0.15, -0.1) is 6.58 Å². The molecule has 0 heterocycles. The standard InChI is InChI=1S/C19H41Si2/c1-15(2)14-16(20(12)13)21(17(3,4)5,18(6,7)8)19(9,10)11/h16H,1,14H2,2-13H3. The number of rotatable bonds is 4. The first kappa shape index (κ1) is 21.2. The van der Waals surface area contributed by atoms with Gasteiger partial charge >= 0.3 is 0 Å². The van der Waals surface area contributed by atoms with Crippen LogP contribution in [0.15, 0.2) is 12.2 Å². The molecule has 0 aliphatic carbocycles. The molecule has 0 amide bonds. The van der Waals surface area contributed by atoms with Crippen molar-refractivity contribution in [1.29, 1.82) is 0 Å². The van der Waals surface area contributed by atoms with Gasteiger partial charge in [-0.2, -0.15) is 0 Å².